The Hall–Kier alpha value is -2.77. The third kappa shape index (κ3) is 3.84. The van der Waals surface area contributed by atoms with Crippen LogP contribution in [-0.2, 0) is 4.79 Å². The van der Waals surface area contributed by atoms with Crippen LogP contribution in [0.1, 0.15) is 40.6 Å². The number of carboxylic acids is 1. The number of aliphatic carboxylic acids is 1. The summed E-state index contributed by atoms with van der Waals surface area (Å²) in [6.45, 7) is 2.93. The molecule has 0 aliphatic rings. The molecule has 0 aliphatic carbocycles. The van der Waals surface area contributed by atoms with Gasteiger partial charge in [0.1, 0.15) is 6.04 Å². The van der Waals surface area contributed by atoms with E-state index in [1.807, 2.05) is 0 Å². The molecule has 0 bridgehead atoms. The minimum Gasteiger partial charge on any atom is -0.480 e. The number of hydrogen-bond donors (Lipinski definition) is 1. The number of carbonyl (C=O) groups is 3. The van der Waals surface area contributed by atoms with Crippen molar-refractivity contribution in [1.82, 2.24) is 4.57 Å². The summed E-state index contributed by atoms with van der Waals surface area (Å²) in [6, 6.07) is 10.4. The molecule has 6 nitrogen and oxygen atoms in total. The third-order valence-corrected chi connectivity index (χ3v) is 5.32. The first-order chi connectivity index (χ1) is 12.8. The van der Waals surface area contributed by atoms with Crippen molar-refractivity contribution in [2.75, 3.05) is 0 Å². The maximum absolute atomic E-state index is 12.5. The van der Waals surface area contributed by atoms with E-state index >= 15 is 0 Å². The van der Waals surface area contributed by atoms with Gasteiger partial charge in [-0.05, 0) is 50.2 Å². The zero-order valence-electron chi connectivity index (χ0n) is 14.5. The summed E-state index contributed by atoms with van der Waals surface area (Å²) in [7, 11) is 0. The lowest BCUT2D eigenvalue weighted by molar-refractivity contribution is -0.140. The highest BCUT2D eigenvalue weighted by molar-refractivity contribution is 7.16. The van der Waals surface area contributed by atoms with Gasteiger partial charge in [0, 0.05) is 16.1 Å². The molecule has 2 aromatic carbocycles. The molecule has 3 rings (SSSR count). The number of amides is 1. The zero-order valence-corrected chi connectivity index (χ0v) is 16.0. The van der Waals surface area contributed by atoms with Crippen LogP contribution in [0.2, 0.25) is 5.02 Å². The summed E-state index contributed by atoms with van der Waals surface area (Å²) < 4.78 is 2.18. The van der Waals surface area contributed by atoms with E-state index in [1.54, 1.807) is 36.4 Å². The molecule has 27 heavy (non-hydrogen) atoms. The number of fused-ring (bicyclic) bond motifs is 1. The lowest BCUT2D eigenvalue weighted by Gasteiger charge is -2.10. The Morgan fingerprint density at radius 3 is 2.52 bits per heavy atom. The van der Waals surface area contributed by atoms with Crippen molar-refractivity contribution in [3.63, 3.8) is 0 Å². The van der Waals surface area contributed by atoms with Crippen LogP contribution in [0.25, 0.3) is 10.2 Å². The lowest BCUT2D eigenvalue weighted by Crippen LogP contribution is -2.25. The van der Waals surface area contributed by atoms with E-state index in [0.717, 1.165) is 4.70 Å². The first kappa shape index (κ1) is 19.0. The van der Waals surface area contributed by atoms with Gasteiger partial charge in [0.05, 0.1) is 10.2 Å². The molecule has 0 radical (unpaired) electrons. The standard InChI is InChI=1S/C19H15ClN2O4S/c1-10(18(25)26)22-15-9-12(11(2)23)6-7-16(15)27-19(22)21-17(24)13-4-3-5-14(20)8-13/h3-10H,1-2H3,(H,25,26). The van der Waals surface area contributed by atoms with Gasteiger partial charge in [0.2, 0.25) is 0 Å². The van der Waals surface area contributed by atoms with E-state index in [-0.39, 0.29) is 10.6 Å². The van der Waals surface area contributed by atoms with Gasteiger partial charge in [-0.2, -0.15) is 4.99 Å². The van der Waals surface area contributed by atoms with Crippen molar-refractivity contribution in [3.05, 3.63) is 63.4 Å². The minimum absolute atomic E-state index is 0.133. The molecular formula is C19H15ClN2O4S. The summed E-state index contributed by atoms with van der Waals surface area (Å²) in [6.07, 6.45) is 0. The van der Waals surface area contributed by atoms with Gasteiger partial charge >= 0.3 is 5.97 Å². The number of carbonyl (C=O) groups excluding carboxylic acids is 2. The topological polar surface area (TPSA) is 88.7 Å². The Balaban J connectivity index is 2.25. The summed E-state index contributed by atoms with van der Waals surface area (Å²) in [5, 5.41) is 9.88. The smallest absolute Gasteiger partial charge is 0.326 e. The van der Waals surface area contributed by atoms with Crippen molar-refractivity contribution >= 4 is 50.8 Å². The van der Waals surface area contributed by atoms with Crippen LogP contribution in [0.3, 0.4) is 0 Å². The van der Waals surface area contributed by atoms with E-state index in [1.165, 1.54) is 35.8 Å². The Morgan fingerprint density at radius 1 is 1.15 bits per heavy atom. The fourth-order valence-electron chi connectivity index (χ4n) is 2.60. The Morgan fingerprint density at radius 2 is 1.89 bits per heavy atom. The number of Topliss-reactive ketones (excluding diaryl/α,β-unsaturated/α-hetero) is 1. The van der Waals surface area contributed by atoms with Gasteiger partial charge in [0.25, 0.3) is 5.91 Å². The van der Waals surface area contributed by atoms with Crippen LogP contribution in [0, 0.1) is 0 Å². The Kier molecular flexibility index (Phi) is 5.25. The second kappa shape index (κ2) is 7.46. The lowest BCUT2D eigenvalue weighted by atomic mass is 10.1. The van der Waals surface area contributed by atoms with Crippen LogP contribution in [-0.4, -0.2) is 27.3 Å². The third-order valence-electron chi connectivity index (χ3n) is 4.05. The molecular weight excluding hydrogens is 388 g/mol. The van der Waals surface area contributed by atoms with Gasteiger partial charge in [-0.1, -0.05) is 29.0 Å². The number of nitrogens with zero attached hydrogens (tertiary/aromatic N) is 2. The molecule has 1 atom stereocenters. The van der Waals surface area contributed by atoms with Crippen molar-refractivity contribution < 1.29 is 19.5 Å². The van der Waals surface area contributed by atoms with Gasteiger partial charge in [0.15, 0.2) is 10.6 Å². The highest BCUT2D eigenvalue weighted by atomic mass is 35.5. The maximum Gasteiger partial charge on any atom is 0.326 e. The molecule has 0 fully saturated rings. The van der Waals surface area contributed by atoms with Gasteiger partial charge in [-0.15, -0.1) is 0 Å². The van der Waals surface area contributed by atoms with E-state index in [2.05, 4.69) is 4.99 Å². The maximum atomic E-state index is 12.5. The molecule has 1 amide bonds. The van der Waals surface area contributed by atoms with Gasteiger partial charge < -0.3 is 9.67 Å². The molecule has 0 saturated heterocycles. The molecule has 1 heterocycles. The van der Waals surface area contributed by atoms with Gasteiger partial charge in [-0.3, -0.25) is 9.59 Å². The highest BCUT2D eigenvalue weighted by Gasteiger charge is 2.20. The molecule has 138 valence electrons. The number of rotatable bonds is 4. The first-order valence-electron chi connectivity index (χ1n) is 8.01. The molecule has 3 aromatic rings. The van der Waals surface area contributed by atoms with Crippen molar-refractivity contribution in [3.8, 4) is 0 Å². The number of ketones is 1. The number of halogens is 1. The molecule has 0 saturated carbocycles. The molecule has 1 unspecified atom stereocenters. The largest absolute Gasteiger partial charge is 0.480 e. The van der Waals surface area contributed by atoms with E-state index in [4.69, 9.17) is 11.6 Å². The fourth-order valence-corrected chi connectivity index (χ4v) is 3.86. The first-order valence-corrected chi connectivity index (χ1v) is 9.21. The van der Waals surface area contributed by atoms with Gasteiger partial charge in [-0.25, -0.2) is 4.79 Å². The predicted octanol–water partition coefficient (Wildman–Crippen LogP) is 3.95. The van der Waals surface area contributed by atoms with Crippen molar-refractivity contribution in [2.24, 2.45) is 4.99 Å². The predicted molar refractivity (Wildman–Crippen MR) is 104 cm³/mol. The molecule has 1 aromatic heterocycles. The molecule has 1 N–H and O–H groups in total. The van der Waals surface area contributed by atoms with E-state index in [9.17, 15) is 19.5 Å². The highest BCUT2D eigenvalue weighted by Crippen LogP contribution is 2.23. The number of thiazole rings is 1. The normalized spacial score (nSPS) is 12.9. The minimum atomic E-state index is -1.07. The summed E-state index contributed by atoms with van der Waals surface area (Å²) in [5.74, 6) is -1.73. The monoisotopic (exact) mass is 402 g/mol. The quantitative estimate of drug-likeness (QED) is 0.669. The number of hydrogen-bond acceptors (Lipinski definition) is 4. The average molecular weight is 403 g/mol. The van der Waals surface area contributed by atoms with E-state index < -0.39 is 17.9 Å². The number of benzene rings is 2. The average Bonchev–Trinajstić information content (AvgIpc) is 2.97. The van der Waals surface area contributed by atoms with E-state index in [0.29, 0.717) is 21.7 Å². The SMILES string of the molecule is CC(=O)c1ccc2sc(=NC(=O)c3cccc(Cl)c3)n(C(C)C(=O)O)c2c1. The second-order valence-electron chi connectivity index (χ2n) is 5.93. The fraction of sp³-hybridized carbons (Fsp3) is 0.158. The van der Waals surface area contributed by atoms with Crippen LogP contribution in [0.5, 0.6) is 0 Å². The molecule has 0 spiro atoms. The number of aromatic nitrogens is 1. The molecule has 0 aliphatic heterocycles. The Labute approximate surface area is 163 Å². The van der Waals surface area contributed by atoms with Crippen LogP contribution < -0.4 is 4.80 Å². The van der Waals surface area contributed by atoms with Crippen molar-refractivity contribution in [2.45, 2.75) is 19.9 Å². The molecule has 8 heteroatoms. The number of carboxylic acid groups (broad SMARTS) is 1. The Bertz CT molecular complexity index is 1150. The van der Waals surface area contributed by atoms with Crippen LogP contribution in [0.4, 0.5) is 0 Å². The van der Waals surface area contributed by atoms with Crippen LogP contribution in [0.15, 0.2) is 47.5 Å². The summed E-state index contributed by atoms with van der Waals surface area (Å²) in [4.78, 5) is 40.2. The summed E-state index contributed by atoms with van der Waals surface area (Å²) >= 11 is 7.11. The summed E-state index contributed by atoms with van der Waals surface area (Å²) in [5.41, 5.74) is 1.30. The van der Waals surface area contributed by atoms with Crippen LogP contribution >= 0.6 is 22.9 Å². The second-order valence-corrected chi connectivity index (χ2v) is 7.38. The zero-order chi connectivity index (χ0) is 19.7. The van der Waals surface area contributed by atoms with Crippen molar-refractivity contribution in [1.29, 1.82) is 0 Å².